The highest BCUT2D eigenvalue weighted by Gasteiger charge is 2.35. The topological polar surface area (TPSA) is 89.0 Å². The maximum atomic E-state index is 14.1. The highest BCUT2D eigenvalue weighted by molar-refractivity contribution is 7.10. The van der Waals surface area contributed by atoms with E-state index in [9.17, 15) is 27.6 Å². The number of aromatic nitrogens is 1. The van der Waals surface area contributed by atoms with E-state index in [1.54, 1.807) is 72.8 Å². The Morgan fingerprint density at radius 1 is 0.980 bits per heavy atom. The molecule has 2 heterocycles. The Morgan fingerprint density at radius 2 is 1.65 bits per heavy atom. The van der Waals surface area contributed by atoms with Gasteiger partial charge in [0.25, 0.3) is 11.8 Å². The fourth-order valence-corrected chi connectivity index (χ4v) is 6.97. The summed E-state index contributed by atoms with van der Waals surface area (Å²) in [6.45, 7) is 4.75. The predicted octanol–water partition coefficient (Wildman–Crippen LogP) is 8.24. The summed E-state index contributed by atoms with van der Waals surface area (Å²) < 4.78 is 50.0. The first-order valence-corrected chi connectivity index (χ1v) is 17.1. The average Bonchev–Trinajstić information content (AvgIpc) is 3.62. The van der Waals surface area contributed by atoms with E-state index in [0.29, 0.717) is 66.9 Å². The number of benzene rings is 3. The molecule has 2 amide bonds. The zero-order valence-corrected chi connectivity index (χ0v) is 28.4. The third-order valence-electron chi connectivity index (χ3n) is 8.56. The molecule has 1 unspecified atom stereocenters. The molecule has 258 valence electrons. The van der Waals surface area contributed by atoms with Crippen molar-refractivity contribution in [2.24, 2.45) is 0 Å². The molecule has 5 rings (SSSR count). The van der Waals surface area contributed by atoms with Gasteiger partial charge in [-0.2, -0.15) is 13.2 Å². The molecule has 1 aliphatic heterocycles. The van der Waals surface area contributed by atoms with Gasteiger partial charge in [-0.25, -0.2) is 9.78 Å². The number of carbonyl (C=O) groups excluding carboxylic acids is 3. The normalized spacial score (nSPS) is 14.3. The van der Waals surface area contributed by atoms with Crippen molar-refractivity contribution in [3.63, 3.8) is 0 Å². The number of hydrogen-bond acceptors (Lipinski definition) is 7. The third-order valence-corrected chi connectivity index (χ3v) is 9.56. The zero-order valence-electron chi connectivity index (χ0n) is 27.5. The van der Waals surface area contributed by atoms with Gasteiger partial charge in [-0.1, -0.05) is 43.7 Å². The van der Waals surface area contributed by atoms with E-state index < -0.39 is 29.7 Å². The Balaban J connectivity index is 1.31. The van der Waals surface area contributed by atoms with Gasteiger partial charge in [0, 0.05) is 35.6 Å². The van der Waals surface area contributed by atoms with Crippen LogP contribution in [0, 0.1) is 0 Å². The molecule has 1 aliphatic rings. The molecule has 8 nitrogen and oxygen atoms in total. The number of thiazole rings is 1. The average molecular weight is 694 g/mol. The first-order chi connectivity index (χ1) is 23.5. The van der Waals surface area contributed by atoms with Crippen LogP contribution in [0.4, 0.5) is 18.9 Å². The van der Waals surface area contributed by atoms with Crippen LogP contribution in [0.5, 0.6) is 5.75 Å². The van der Waals surface area contributed by atoms with Crippen molar-refractivity contribution >= 4 is 34.8 Å². The molecule has 3 aromatic carbocycles. The summed E-state index contributed by atoms with van der Waals surface area (Å²) in [7, 11) is 1.55. The van der Waals surface area contributed by atoms with Crippen LogP contribution in [0.2, 0.25) is 0 Å². The van der Waals surface area contributed by atoms with E-state index >= 15 is 0 Å². The SMILES string of the molecule is CCCC(C(=O)OCC)N(C(=O)c1csc(C2CCN(C(=O)c3ccccc3-c3ccc(C(F)(F)F)cc3)CC2)n1)c1ccc(OC)cc1. The number of hydrogen-bond donors (Lipinski definition) is 0. The summed E-state index contributed by atoms with van der Waals surface area (Å²) in [4.78, 5) is 48.7. The lowest BCUT2D eigenvalue weighted by molar-refractivity contribution is -0.144. The number of esters is 1. The zero-order chi connectivity index (χ0) is 35.1. The molecule has 1 aromatic heterocycles. The van der Waals surface area contributed by atoms with Crippen molar-refractivity contribution < 1.29 is 37.0 Å². The number of likely N-dealkylation sites (tertiary alicyclic amines) is 1. The summed E-state index contributed by atoms with van der Waals surface area (Å²) in [6.07, 6.45) is -2.14. The van der Waals surface area contributed by atoms with Crippen LogP contribution in [0.25, 0.3) is 11.1 Å². The number of nitrogens with zero attached hydrogens (tertiary/aromatic N) is 3. The Kier molecular flexibility index (Phi) is 11.4. The van der Waals surface area contributed by atoms with E-state index in [2.05, 4.69) is 0 Å². The predicted molar refractivity (Wildman–Crippen MR) is 182 cm³/mol. The second kappa shape index (κ2) is 15.7. The first-order valence-electron chi connectivity index (χ1n) is 16.2. The van der Waals surface area contributed by atoms with Gasteiger partial charge in [-0.3, -0.25) is 14.5 Å². The molecule has 1 atom stereocenters. The third kappa shape index (κ3) is 8.13. The molecule has 4 aromatic rings. The lowest BCUT2D eigenvalue weighted by atomic mass is 9.94. The number of rotatable bonds is 11. The molecule has 0 aliphatic carbocycles. The fraction of sp³-hybridized carbons (Fsp3) is 0.351. The van der Waals surface area contributed by atoms with Crippen molar-refractivity contribution in [3.8, 4) is 16.9 Å². The summed E-state index contributed by atoms with van der Waals surface area (Å²) in [5.74, 6) is -0.456. The lowest BCUT2D eigenvalue weighted by Crippen LogP contribution is -2.46. The summed E-state index contributed by atoms with van der Waals surface area (Å²) in [5, 5.41) is 2.48. The molecule has 1 fully saturated rings. The van der Waals surface area contributed by atoms with Gasteiger partial charge < -0.3 is 14.4 Å². The van der Waals surface area contributed by atoms with Gasteiger partial charge in [-0.15, -0.1) is 11.3 Å². The molecular formula is C37H38F3N3O5S. The molecule has 0 N–H and O–H groups in total. The van der Waals surface area contributed by atoms with Gasteiger partial charge in [0.2, 0.25) is 0 Å². The monoisotopic (exact) mass is 693 g/mol. The Bertz CT molecular complexity index is 1750. The second-order valence-electron chi connectivity index (χ2n) is 11.7. The maximum Gasteiger partial charge on any atom is 0.416 e. The molecule has 0 spiro atoms. The number of methoxy groups -OCH3 is 1. The highest BCUT2D eigenvalue weighted by atomic mass is 32.1. The largest absolute Gasteiger partial charge is 0.497 e. The summed E-state index contributed by atoms with van der Waals surface area (Å²) in [5.41, 5.74) is 1.52. The van der Waals surface area contributed by atoms with Crippen molar-refractivity contribution in [1.29, 1.82) is 0 Å². The minimum atomic E-state index is -4.44. The van der Waals surface area contributed by atoms with Crippen LogP contribution in [0.15, 0.2) is 78.2 Å². The van der Waals surface area contributed by atoms with E-state index in [4.69, 9.17) is 14.5 Å². The minimum Gasteiger partial charge on any atom is -0.497 e. The van der Waals surface area contributed by atoms with Gasteiger partial charge in [0.1, 0.15) is 17.5 Å². The fourth-order valence-electron chi connectivity index (χ4n) is 6.00. The van der Waals surface area contributed by atoms with Crippen LogP contribution < -0.4 is 9.64 Å². The number of ether oxygens (including phenoxy) is 2. The maximum absolute atomic E-state index is 14.1. The molecule has 0 radical (unpaired) electrons. The summed E-state index contributed by atoms with van der Waals surface area (Å²) >= 11 is 1.38. The molecule has 49 heavy (non-hydrogen) atoms. The van der Waals surface area contributed by atoms with Crippen LogP contribution in [-0.2, 0) is 15.7 Å². The van der Waals surface area contributed by atoms with Gasteiger partial charge in [-0.05, 0) is 79.8 Å². The van der Waals surface area contributed by atoms with Crippen LogP contribution >= 0.6 is 11.3 Å². The first kappa shape index (κ1) is 35.6. The van der Waals surface area contributed by atoms with Gasteiger partial charge in [0.05, 0.1) is 24.3 Å². The van der Waals surface area contributed by atoms with Gasteiger partial charge in [0.15, 0.2) is 0 Å². The van der Waals surface area contributed by atoms with Crippen molar-refractivity contribution in [2.45, 2.75) is 57.7 Å². The van der Waals surface area contributed by atoms with Crippen molar-refractivity contribution in [1.82, 2.24) is 9.88 Å². The molecular weight excluding hydrogens is 655 g/mol. The van der Waals surface area contributed by atoms with Gasteiger partial charge >= 0.3 is 12.1 Å². The van der Waals surface area contributed by atoms with Crippen molar-refractivity contribution in [3.05, 3.63) is 100 Å². The number of anilines is 1. The number of carbonyl (C=O) groups is 3. The van der Waals surface area contributed by atoms with Crippen LogP contribution in [-0.4, -0.2) is 60.5 Å². The Labute approximate surface area is 287 Å². The quantitative estimate of drug-likeness (QED) is 0.147. The van der Waals surface area contributed by atoms with E-state index in [-0.39, 0.29) is 24.1 Å². The number of piperidine rings is 1. The summed E-state index contributed by atoms with van der Waals surface area (Å²) in [6, 6.07) is 17.8. The minimum absolute atomic E-state index is 0.0201. The van der Waals surface area contributed by atoms with E-state index in [1.165, 1.54) is 28.4 Å². The molecule has 12 heteroatoms. The number of amides is 2. The number of halogens is 3. The van der Waals surface area contributed by atoms with Crippen LogP contribution in [0.3, 0.4) is 0 Å². The smallest absolute Gasteiger partial charge is 0.416 e. The van der Waals surface area contributed by atoms with E-state index in [1.807, 2.05) is 6.92 Å². The standard InChI is InChI=1S/C37H38F3N3O5S/c1-4-8-32(36(46)48-5-2)43(27-15-17-28(47-3)18-16-27)35(45)31-23-49-33(41-31)25-19-21-42(22-20-25)34(44)30-10-7-6-9-29(30)24-11-13-26(14-12-24)37(38,39)40/h6-7,9-18,23,25,32H,4-5,8,19-22H2,1-3H3. The molecule has 1 saturated heterocycles. The molecule has 0 saturated carbocycles. The molecule has 0 bridgehead atoms. The lowest BCUT2D eigenvalue weighted by Gasteiger charge is -2.32. The van der Waals surface area contributed by atoms with Crippen LogP contribution in [0.1, 0.15) is 76.9 Å². The van der Waals surface area contributed by atoms with E-state index in [0.717, 1.165) is 17.1 Å². The van der Waals surface area contributed by atoms with Crippen molar-refractivity contribution in [2.75, 3.05) is 31.7 Å². The number of alkyl halides is 3. The Morgan fingerprint density at radius 3 is 2.27 bits per heavy atom. The Hall–Kier alpha value is -4.71. The second-order valence-corrected chi connectivity index (χ2v) is 12.6. The highest BCUT2D eigenvalue weighted by Crippen LogP contribution is 2.35.